The van der Waals surface area contributed by atoms with Gasteiger partial charge in [-0.25, -0.2) is 4.98 Å². The number of nitrogens with zero attached hydrogens (tertiary/aromatic N) is 5. The van der Waals surface area contributed by atoms with Crippen molar-refractivity contribution in [1.29, 1.82) is 5.26 Å². The van der Waals surface area contributed by atoms with E-state index in [4.69, 9.17) is 4.98 Å². The predicted molar refractivity (Wildman–Crippen MR) is 124 cm³/mol. The fourth-order valence-corrected chi connectivity index (χ4v) is 4.77. The van der Waals surface area contributed by atoms with Crippen LogP contribution in [-0.2, 0) is 19.5 Å². The van der Waals surface area contributed by atoms with E-state index in [1.807, 2.05) is 11.9 Å². The van der Waals surface area contributed by atoms with E-state index in [2.05, 4.69) is 53.1 Å². The van der Waals surface area contributed by atoms with Gasteiger partial charge in [0.1, 0.15) is 17.7 Å². The number of aliphatic hydroxyl groups excluding tert-OH is 1. The second-order valence-corrected chi connectivity index (χ2v) is 8.96. The first-order chi connectivity index (χ1) is 15.1. The Balaban J connectivity index is 1.72. The van der Waals surface area contributed by atoms with Crippen molar-refractivity contribution >= 4 is 11.6 Å². The molecular formula is C25H33N5O. The number of hydrogen-bond acceptors (Lipinski definition) is 6. The maximum absolute atomic E-state index is 10.0. The number of rotatable bonds is 6. The van der Waals surface area contributed by atoms with Gasteiger partial charge in [-0.3, -0.25) is 4.90 Å². The molecule has 6 nitrogen and oxygen atoms in total. The SMILES string of the molecule is CC1CCN(c2nc(N(C)CCO)c(C#N)c3c2CN(Cc2ccccc2)CC3)CC1. The molecule has 1 aromatic heterocycles. The summed E-state index contributed by atoms with van der Waals surface area (Å²) in [6, 6.07) is 13.0. The van der Waals surface area contributed by atoms with Crippen LogP contribution in [0.1, 0.15) is 42.0 Å². The lowest BCUT2D eigenvalue weighted by molar-refractivity contribution is 0.245. The number of hydrogen-bond donors (Lipinski definition) is 1. The summed E-state index contributed by atoms with van der Waals surface area (Å²) in [6.07, 6.45) is 3.20. The van der Waals surface area contributed by atoms with Crippen LogP contribution < -0.4 is 9.80 Å². The number of piperidine rings is 1. The third kappa shape index (κ3) is 4.68. The van der Waals surface area contributed by atoms with Crippen LogP contribution in [0.2, 0.25) is 0 Å². The number of benzene rings is 1. The monoisotopic (exact) mass is 419 g/mol. The zero-order valence-corrected chi connectivity index (χ0v) is 18.7. The summed E-state index contributed by atoms with van der Waals surface area (Å²) in [4.78, 5) is 11.9. The number of likely N-dealkylation sites (N-methyl/N-ethyl adjacent to an activating group) is 1. The second kappa shape index (κ2) is 9.67. The van der Waals surface area contributed by atoms with Crippen molar-refractivity contribution in [2.24, 2.45) is 5.92 Å². The molecule has 4 rings (SSSR count). The summed E-state index contributed by atoms with van der Waals surface area (Å²) < 4.78 is 0. The maximum Gasteiger partial charge on any atom is 0.149 e. The smallest absolute Gasteiger partial charge is 0.149 e. The van der Waals surface area contributed by atoms with Crippen LogP contribution in [-0.4, -0.2) is 54.8 Å². The first-order valence-electron chi connectivity index (χ1n) is 11.4. The van der Waals surface area contributed by atoms with Gasteiger partial charge in [0.25, 0.3) is 0 Å². The number of fused-ring (bicyclic) bond motifs is 1. The topological polar surface area (TPSA) is 66.6 Å². The van der Waals surface area contributed by atoms with Crippen molar-refractivity contribution in [2.45, 2.75) is 39.3 Å². The van der Waals surface area contributed by atoms with E-state index in [-0.39, 0.29) is 6.61 Å². The Labute approximate surface area is 185 Å². The molecule has 3 heterocycles. The van der Waals surface area contributed by atoms with Crippen LogP contribution in [0.25, 0.3) is 0 Å². The van der Waals surface area contributed by atoms with Crippen LogP contribution in [0.15, 0.2) is 30.3 Å². The minimum Gasteiger partial charge on any atom is -0.395 e. The largest absolute Gasteiger partial charge is 0.395 e. The molecule has 0 spiro atoms. The fraction of sp³-hybridized carbons (Fsp3) is 0.520. The number of aromatic nitrogens is 1. The number of pyridine rings is 1. The van der Waals surface area contributed by atoms with Gasteiger partial charge in [0.15, 0.2) is 0 Å². The molecule has 1 N–H and O–H groups in total. The minimum absolute atomic E-state index is 0.0432. The zero-order valence-electron chi connectivity index (χ0n) is 18.7. The van der Waals surface area contributed by atoms with E-state index in [0.717, 1.165) is 56.4 Å². The maximum atomic E-state index is 10.0. The van der Waals surface area contributed by atoms with Crippen molar-refractivity contribution in [3.63, 3.8) is 0 Å². The molecule has 1 fully saturated rings. The Bertz CT molecular complexity index is 931. The van der Waals surface area contributed by atoms with Crippen molar-refractivity contribution in [1.82, 2.24) is 9.88 Å². The van der Waals surface area contributed by atoms with Gasteiger partial charge in [-0.1, -0.05) is 37.3 Å². The van der Waals surface area contributed by atoms with Crippen LogP contribution in [0.5, 0.6) is 0 Å². The molecular weight excluding hydrogens is 386 g/mol. The molecule has 164 valence electrons. The molecule has 0 saturated carbocycles. The molecule has 0 aliphatic carbocycles. The summed E-state index contributed by atoms with van der Waals surface area (Å²) >= 11 is 0. The number of anilines is 2. The van der Waals surface area contributed by atoms with E-state index >= 15 is 0 Å². The van der Waals surface area contributed by atoms with Crippen molar-refractivity contribution < 1.29 is 5.11 Å². The van der Waals surface area contributed by atoms with Gasteiger partial charge < -0.3 is 14.9 Å². The standard InChI is InChI=1S/C25H33N5O/c1-19-8-12-30(13-9-19)25-23-18-29(17-20-6-4-3-5-7-20)11-10-21(23)22(16-26)24(27-25)28(2)14-15-31/h3-7,19,31H,8-15,17-18H2,1-2H3. The first kappa shape index (κ1) is 21.6. The van der Waals surface area contributed by atoms with Crippen LogP contribution in [0, 0.1) is 17.2 Å². The third-order valence-electron chi connectivity index (χ3n) is 6.67. The van der Waals surface area contributed by atoms with E-state index < -0.39 is 0 Å². The van der Waals surface area contributed by atoms with Gasteiger partial charge in [-0.15, -0.1) is 0 Å². The van der Waals surface area contributed by atoms with Crippen molar-refractivity contribution in [2.75, 3.05) is 49.6 Å². The molecule has 6 heteroatoms. The van der Waals surface area contributed by atoms with Gasteiger partial charge in [0, 0.05) is 51.9 Å². The van der Waals surface area contributed by atoms with Gasteiger partial charge in [0.05, 0.1) is 12.2 Å². The molecule has 0 unspecified atom stereocenters. The fourth-order valence-electron chi connectivity index (χ4n) is 4.77. The van der Waals surface area contributed by atoms with Crippen molar-refractivity contribution in [3.8, 4) is 6.07 Å². The minimum atomic E-state index is 0.0432. The van der Waals surface area contributed by atoms with Gasteiger partial charge in [-0.05, 0) is 36.3 Å². The summed E-state index contributed by atoms with van der Waals surface area (Å²) in [6.45, 7) is 7.50. The summed E-state index contributed by atoms with van der Waals surface area (Å²) in [7, 11) is 1.92. The lowest BCUT2D eigenvalue weighted by Gasteiger charge is -2.37. The lowest BCUT2D eigenvalue weighted by atomic mass is 9.93. The highest BCUT2D eigenvalue weighted by Gasteiger charge is 2.30. The Morgan fingerprint density at radius 3 is 2.58 bits per heavy atom. The average molecular weight is 420 g/mol. The second-order valence-electron chi connectivity index (χ2n) is 8.96. The lowest BCUT2D eigenvalue weighted by Crippen LogP contribution is -2.38. The van der Waals surface area contributed by atoms with Crippen molar-refractivity contribution in [3.05, 3.63) is 52.6 Å². The molecule has 31 heavy (non-hydrogen) atoms. The average Bonchev–Trinajstić information content (AvgIpc) is 2.79. The highest BCUT2D eigenvalue weighted by Crippen LogP contribution is 2.36. The summed E-state index contributed by atoms with van der Waals surface area (Å²) in [5, 5.41) is 19.5. The van der Waals surface area contributed by atoms with Gasteiger partial charge in [0.2, 0.25) is 0 Å². The molecule has 0 radical (unpaired) electrons. The van der Waals surface area contributed by atoms with E-state index in [0.29, 0.717) is 17.9 Å². The summed E-state index contributed by atoms with van der Waals surface area (Å²) in [5.74, 6) is 2.50. The molecule has 2 aromatic rings. The number of aliphatic hydroxyl groups is 1. The Morgan fingerprint density at radius 2 is 1.90 bits per heavy atom. The third-order valence-corrected chi connectivity index (χ3v) is 6.67. The van der Waals surface area contributed by atoms with Crippen LogP contribution >= 0.6 is 0 Å². The Kier molecular flexibility index (Phi) is 6.74. The summed E-state index contributed by atoms with van der Waals surface area (Å²) in [5.41, 5.74) is 4.36. The molecule has 1 saturated heterocycles. The molecule has 0 bridgehead atoms. The molecule has 0 amide bonds. The highest BCUT2D eigenvalue weighted by molar-refractivity contribution is 5.67. The molecule has 0 atom stereocenters. The normalized spacial score (nSPS) is 17.3. The molecule has 2 aliphatic heterocycles. The molecule has 2 aliphatic rings. The molecule has 1 aromatic carbocycles. The van der Waals surface area contributed by atoms with E-state index in [1.165, 1.54) is 24.0 Å². The van der Waals surface area contributed by atoms with Gasteiger partial charge >= 0.3 is 0 Å². The Morgan fingerprint density at radius 1 is 1.16 bits per heavy atom. The first-order valence-corrected chi connectivity index (χ1v) is 11.4. The highest BCUT2D eigenvalue weighted by atomic mass is 16.3. The van der Waals surface area contributed by atoms with E-state index in [1.54, 1.807) is 0 Å². The quantitative estimate of drug-likeness (QED) is 0.776. The number of nitriles is 1. The zero-order chi connectivity index (χ0) is 21.8. The predicted octanol–water partition coefficient (Wildman–Crippen LogP) is 3.18. The Hall–Kier alpha value is -2.62. The van der Waals surface area contributed by atoms with E-state index in [9.17, 15) is 10.4 Å². The van der Waals surface area contributed by atoms with Crippen LogP contribution in [0.3, 0.4) is 0 Å². The van der Waals surface area contributed by atoms with Gasteiger partial charge in [-0.2, -0.15) is 5.26 Å². The van der Waals surface area contributed by atoms with Crippen LogP contribution in [0.4, 0.5) is 11.6 Å².